The lowest BCUT2D eigenvalue weighted by molar-refractivity contribution is -0.119. The van der Waals surface area contributed by atoms with E-state index in [9.17, 15) is 17.6 Å². The molecule has 0 aliphatic carbocycles. The molecule has 1 aromatic carbocycles. The van der Waals surface area contributed by atoms with Crippen LogP contribution in [0.15, 0.2) is 29.2 Å². The Morgan fingerprint density at radius 2 is 1.84 bits per heavy atom. The third-order valence-electron chi connectivity index (χ3n) is 2.32. The van der Waals surface area contributed by atoms with Crippen molar-refractivity contribution in [3.8, 4) is 11.8 Å². The first-order valence-corrected chi connectivity index (χ1v) is 6.81. The van der Waals surface area contributed by atoms with Gasteiger partial charge in [-0.3, -0.25) is 4.79 Å². The lowest BCUT2D eigenvalue weighted by Gasteiger charge is -2.06. The third-order valence-corrected chi connectivity index (χ3v) is 3.25. The van der Waals surface area contributed by atoms with Gasteiger partial charge >= 0.3 is 0 Å². The standard InChI is InChI=1S/C12H13FN2O3S/c1-8(16)12(14)11(13)7-4-9-2-5-10(6-3-9)19(15,17)18/h2-3,5-6,11-12H,14H2,1H3,(H2,15,17,18)/t11-,12+/m1/s1. The number of hydrogen-bond donors (Lipinski definition) is 2. The Labute approximate surface area is 110 Å². The van der Waals surface area contributed by atoms with Crippen molar-refractivity contribution in [1.82, 2.24) is 0 Å². The van der Waals surface area contributed by atoms with Crippen LogP contribution in [0.1, 0.15) is 12.5 Å². The number of sulfonamides is 1. The van der Waals surface area contributed by atoms with Gasteiger partial charge in [-0.15, -0.1) is 0 Å². The third kappa shape index (κ3) is 4.44. The zero-order valence-corrected chi connectivity index (χ0v) is 10.9. The second-order valence-corrected chi connectivity index (χ2v) is 5.44. The summed E-state index contributed by atoms with van der Waals surface area (Å²) in [6, 6.07) is 4.02. The van der Waals surface area contributed by atoms with Gasteiger partial charge in [0.15, 0.2) is 6.17 Å². The number of benzene rings is 1. The molecule has 1 rings (SSSR count). The van der Waals surface area contributed by atoms with Gasteiger partial charge in [0.2, 0.25) is 10.0 Å². The van der Waals surface area contributed by atoms with Crippen molar-refractivity contribution in [3.05, 3.63) is 29.8 Å². The number of Topliss-reactive ketones (excluding diaryl/α,β-unsaturated/α-hetero) is 1. The van der Waals surface area contributed by atoms with Crippen molar-refractivity contribution in [1.29, 1.82) is 0 Å². The van der Waals surface area contributed by atoms with Gasteiger partial charge in [0, 0.05) is 5.56 Å². The fourth-order valence-corrected chi connectivity index (χ4v) is 1.69. The summed E-state index contributed by atoms with van der Waals surface area (Å²) in [5.74, 6) is 4.17. The summed E-state index contributed by atoms with van der Waals surface area (Å²) in [7, 11) is -3.76. The van der Waals surface area contributed by atoms with E-state index in [-0.39, 0.29) is 4.90 Å². The molecule has 102 valence electrons. The molecule has 0 unspecified atom stereocenters. The molecule has 19 heavy (non-hydrogen) atoms. The molecule has 0 saturated heterocycles. The summed E-state index contributed by atoms with van der Waals surface area (Å²) in [6.07, 6.45) is -1.77. The molecule has 4 N–H and O–H groups in total. The second-order valence-electron chi connectivity index (χ2n) is 3.88. The highest BCUT2D eigenvalue weighted by molar-refractivity contribution is 7.89. The van der Waals surface area contributed by atoms with Crippen molar-refractivity contribution in [2.75, 3.05) is 0 Å². The van der Waals surface area contributed by atoms with Crippen molar-refractivity contribution < 1.29 is 17.6 Å². The van der Waals surface area contributed by atoms with Crippen LogP contribution in [0.4, 0.5) is 4.39 Å². The predicted octanol–water partition coefficient (Wildman–Crippen LogP) is -0.0601. The number of primary sulfonamides is 1. The molecule has 0 aromatic heterocycles. The molecule has 0 saturated carbocycles. The minimum atomic E-state index is -3.76. The molecular weight excluding hydrogens is 271 g/mol. The molecular formula is C12H13FN2O3S. The SMILES string of the molecule is CC(=O)[C@H](N)[C@H](F)C#Cc1ccc(S(N)(=O)=O)cc1. The van der Waals surface area contributed by atoms with E-state index >= 15 is 0 Å². The van der Waals surface area contributed by atoms with Gasteiger partial charge in [0.25, 0.3) is 0 Å². The second kappa shape index (κ2) is 5.93. The van der Waals surface area contributed by atoms with Crippen molar-refractivity contribution in [2.45, 2.75) is 24.0 Å². The first-order valence-electron chi connectivity index (χ1n) is 5.26. The van der Waals surface area contributed by atoms with Crippen LogP contribution in [-0.4, -0.2) is 26.4 Å². The summed E-state index contributed by atoms with van der Waals surface area (Å²) in [5, 5.41) is 4.92. The van der Waals surface area contributed by atoms with Crippen molar-refractivity contribution in [3.63, 3.8) is 0 Å². The summed E-state index contributed by atoms with van der Waals surface area (Å²) >= 11 is 0. The van der Waals surface area contributed by atoms with E-state index in [0.29, 0.717) is 5.56 Å². The highest BCUT2D eigenvalue weighted by Crippen LogP contribution is 2.08. The summed E-state index contributed by atoms with van der Waals surface area (Å²) in [6.45, 7) is 1.18. The van der Waals surface area contributed by atoms with Gasteiger partial charge < -0.3 is 5.73 Å². The van der Waals surface area contributed by atoms with E-state index in [1.807, 2.05) is 0 Å². The molecule has 0 heterocycles. The Morgan fingerprint density at radius 3 is 2.26 bits per heavy atom. The number of rotatable bonds is 3. The molecule has 2 atom stereocenters. The number of ketones is 1. The zero-order chi connectivity index (χ0) is 14.6. The highest BCUT2D eigenvalue weighted by Gasteiger charge is 2.18. The molecule has 0 radical (unpaired) electrons. The van der Waals surface area contributed by atoms with Gasteiger partial charge in [-0.1, -0.05) is 11.8 Å². The van der Waals surface area contributed by atoms with Crippen LogP contribution in [0.5, 0.6) is 0 Å². The summed E-state index contributed by atoms with van der Waals surface area (Å²) < 4.78 is 35.4. The Bertz CT molecular complexity index is 629. The smallest absolute Gasteiger partial charge is 0.238 e. The van der Waals surface area contributed by atoms with Gasteiger partial charge in [0.05, 0.1) is 4.90 Å². The largest absolute Gasteiger partial charge is 0.318 e. The van der Waals surface area contributed by atoms with E-state index in [4.69, 9.17) is 10.9 Å². The molecule has 7 heteroatoms. The monoisotopic (exact) mass is 284 g/mol. The van der Waals surface area contributed by atoms with Crippen LogP contribution in [0.2, 0.25) is 0 Å². The van der Waals surface area contributed by atoms with Crippen molar-refractivity contribution >= 4 is 15.8 Å². The number of carbonyl (C=O) groups is 1. The summed E-state index contributed by atoms with van der Waals surface area (Å²) in [4.78, 5) is 10.8. The van der Waals surface area contributed by atoms with Gasteiger partial charge in [0.1, 0.15) is 11.8 Å². The zero-order valence-electron chi connectivity index (χ0n) is 10.1. The molecule has 5 nitrogen and oxygen atoms in total. The van der Waals surface area contributed by atoms with Gasteiger partial charge in [-0.05, 0) is 31.2 Å². The van der Waals surface area contributed by atoms with Crippen LogP contribution in [-0.2, 0) is 14.8 Å². The number of nitrogens with two attached hydrogens (primary N) is 2. The quantitative estimate of drug-likeness (QED) is 0.759. The first-order chi connectivity index (χ1) is 8.71. The van der Waals surface area contributed by atoms with Crippen LogP contribution in [0.3, 0.4) is 0 Å². The lowest BCUT2D eigenvalue weighted by atomic mass is 10.1. The Hall–Kier alpha value is -1.75. The fourth-order valence-electron chi connectivity index (χ4n) is 1.18. The minimum absolute atomic E-state index is 0.0599. The lowest BCUT2D eigenvalue weighted by Crippen LogP contribution is -2.37. The number of alkyl halides is 1. The molecule has 1 aromatic rings. The minimum Gasteiger partial charge on any atom is -0.318 e. The fraction of sp³-hybridized carbons (Fsp3) is 0.250. The van der Waals surface area contributed by atoms with E-state index in [1.165, 1.54) is 31.2 Å². The molecule has 0 aliphatic rings. The van der Waals surface area contributed by atoms with Crippen LogP contribution < -0.4 is 10.9 Å². The van der Waals surface area contributed by atoms with E-state index in [2.05, 4.69) is 11.8 Å². The van der Waals surface area contributed by atoms with Crippen molar-refractivity contribution in [2.24, 2.45) is 10.9 Å². The Morgan fingerprint density at radius 1 is 1.32 bits per heavy atom. The maximum absolute atomic E-state index is 13.4. The topological polar surface area (TPSA) is 103 Å². The first kappa shape index (κ1) is 15.3. The normalized spacial score (nSPS) is 14.1. The molecule has 0 amide bonds. The Balaban J connectivity index is 2.88. The van der Waals surface area contributed by atoms with Gasteiger partial charge in [-0.2, -0.15) is 0 Å². The van der Waals surface area contributed by atoms with E-state index in [0.717, 1.165) is 0 Å². The van der Waals surface area contributed by atoms with Crippen LogP contribution in [0, 0.1) is 11.8 Å². The molecule has 0 bridgehead atoms. The maximum atomic E-state index is 13.4. The highest BCUT2D eigenvalue weighted by atomic mass is 32.2. The average Bonchev–Trinajstić information content (AvgIpc) is 2.34. The molecule has 0 fully saturated rings. The van der Waals surface area contributed by atoms with Gasteiger partial charge in [-0.25, -0.2) is 17.9 Å². The molecule has 0 aliphatic heterocycles. The van der Waals surface area contributed by atoms with E-state index < -0.39 is 28.0 Å². The molecule has 0 spiro atoms. The predicted molar refractivity (Wildman–Crippen MR) is 68.2 cm³/mol. The maximum Gasteiger partial charge on any atom is 0.238 e. The Kier molecular flexibility index (Phi) is 4.78. The van der Waals surface area contributed by atoms with E-state index in [1.54, 1.807) is 0 Å². The van der Waals surface area contributed by atoms with Crippen LogP contribution >= 0.6 is 0 Å². The number of halogens is 1. The average molecular weight is 284 g/mol. The number of hydrogen-bond acceptors (Lipinski definition) is 4. The van der Waals surface area contributed by atoms with Crippen LogP contribution in [0.25, 0.3) is 0 Å². The number of carbonyl (C=O) groups excluding carboxylic acids is 1. The summed E-state index contributed by atoms with van der Waals surface area (Å²) in [5.41, 5.74) is 5.68.